The van der Waals surface area contributed by atoms with E-state index in [2.05, 4.69) is 26.8 Å². The highest BCUT2D eigenvalue weighted by Crippen LogP contribution is 2.21. The Balaban J connectivity index is 1.51. The van der Waals surface area contributed by atoms with E-state index in [1.165, 1.54) is 11.3 Å². The van der Waals surface area contributed by atoms with E-state index in [9.17, 15) is 9.59 Å². The molecule has 1 atom stereocenters. The maximum atomic E-state index is 12.1. The second-order valence-corrected chi connectivity index (χ2v) is 6.38. The third-order valence-corrected chi connectivity index (χ3v) is 4.85. The number of amides is 2. The van der Waals surface area contributed by atoms with Crippen LogP contribution in [0.1, 0.15) is 29.8 Å². The molecule has 0 aromatic carbocycles. The second-order valence-electron chi connectivity index (χ2n) is 5.54. The van der Waals surface area contributed by atoms with E-state index < -0.39 is 0 Å². The van der Waals surface area contributed by atoms with Gasteiger partial charge in [-0.1, -0.05) is 12.2 Å². The minimum absolute atomic E-state index is 0.0698. The number of aromatic nitrogens is 1. The average Bonchev–Trinajstić information content (AvgIpc) is 3.11. The van der Waals surface area contributed by atoms with Crippen LogP contribution in [0.3, 0.4) is 0 Å². The number of hydrogen-bond donors (Lipinski definition) is 2. The lowest BCUT2D eigenvalue weighted by molar-refractivity contribution is -0.126. The number of nitrogens with one attached hydrogen (secondary N) is 2. The summed E-state index contributed by atoms with van der Waals surface area (Å²) in [6.07, 6.45) is 6.52. The van der Waals surface area contributed by atoms with Crippen LogP contribution in [0.25, 0.3) is 0 Å². The molecule has 1 unspecified atom stereocenters. The molecule has 0 spiro atoms. The van der Waals surface area contributed by atoms with E-state index in [1.807, 2.05) is 6.08 Å². The highest BCUT2D eigenvalue weighted by atomic mass is 32.1. The number of ether oxygens (including phenoxy) is 1. The number of hydrogen-bond acceptors (Lipinski definition) is 6. The molecule has 124 valence electrons. The molecule has 1 aliphatic carbocycles. The summed E-state index contributed by atoms with van der Waals surface area (Å²) in [4.78, 5) is 30.5. The molecule has 0 saturated carbocycles. The van der Waals surface area contributed by atoms with Gasteiger partial charge in [-0.3, -0.25) is 20.4 Å². The number of hydrazine groups is 1. The summed E-state index contributed by atoms with van der Waals surface area (Å²) in [6, 6.07) is 0. The van der Waals surface area contributed by atoms with Gasteiger partial charge in [0.2, 0.25) is 5.91 Å². The molecule has 1 aliphatic heterocycles. The Hall–Kier alpha value is -1.93. The first-order valence-corrected chi connectivity index (χ1v) is 8.65. The SMILES string of the molecule is O=C(NNC(=O)C1CC=CCC1)c1csc(N2CCOCC2)n1. The van der Waals surface area contributed by atoms with Crippen LogP contribution in [-0.2, 0) is 9.53 Å². The molecule has 2 N–H and O–H groups in total. The van der Waals surface area contributed by atoms with Crippen LogP contribution in [0.4, 0.5) is 5.13 Å². The molecule has 1 aromatic heterocycles. The smallest absolute Gasteiger partial charge is 0.289 e. The van der Waals surface area contributed by atoms with Crippen molar-refractivity contribution in [3.8, 4) is 0 Å². The summed E-state index contributed by atoms with van der Waals surface area (Å²) in [7, 11) is 0. The molecule has 7 nitrogen and oxygen atoms in total. The molecule has 2 aliphatic rings. The highest BCUT2D eigenvalue weighted by Gasteiger charge is 2.21. The maximum Gasteiger partial charge on any atom is 0.289 e. The van der Waals surface area contributed by atoms with Gasteiger partial charge in [0.25, 0.3) is 5.91 Å². The predicted octanol–water partition coefficient (Wildman–Crippen LogP) is 1.10. The largest absolute Gasteiger partial charge is 0.378 e. The summed E-state index contributed by atoms with van der Waals surface area (Å²) < 4.78 is 5.30. The second kappa shape index (κ2) is 7.56. The number of nitrogens with zero attached hydrogens (tertiary/aromatic N) is 2. The fraction of sp³-hybridized carbons (Fsp3) is 0.533. The molecule has 2 heterocycles. The number of allylic oxidation sites excluding steroid dienone is 2. The summed E-state index contributed by atoms with van der Waals surface area (Å²) in [5.74, 6) is -0.605. The fourth-order valence-corrected chi connectivity index (χ4v) is 3.44. The van der Waals surface area contributed by atoms with Crippen LogP contribution in [0.15, 0.2) is 17.5 Å². The molecule has 2 amide bonds. The monoisotopic (exact) mass is 336 g/mol. The summed E-state index contributed by atoms with van der Waals surface area (Å²) in [6.45, 7) is 2.90. The quantitative estimate of drug-likeness (QED) is 0.638. The Bertz CT molecular complexity index is 595. The molecule has 1 saturated heterocycles. The lowest BCUT2D eigenvalue weighted by Crippen LogP contribution is -2.44. The molecule has 0 bridgehead atoms. The maximum absolute atomic E-state index is 12.1. The first kappa shape index (κ1) is 15.9. The van der Waals surface area contributed by atoms with Crippen LogP contribution in [0.5, 0.6) is 0 Å². The number of morpholine rings is 1. The molecular weight excluding hydrogens is 316 g/mol. The van der Waals surface area contributed by atoms with Gasteiger partial charge in [0, 0.05) is 24.4 Å². The van der Waals surface area contributed by atoms with Crippen molar-refractivity contribution in [2.24, 2.45) is 5.92 Å². The standard InChI is InChI=1S/C15H20N4O3S/c20-13(11-4-2-1-3-5-11)17-18-14(21)12-10-23-15(16-12)19-6-8-22-9-7-19/h1-2,10-11H,3-9H2,(H,17,20)(H,18,21). The van der Waals surface area contributed by atoms with Crippen LogP contribution < -0.4 is 15.8 Å². The van der Waals surface area contributed by atoms with Gasteiger partial charge in [-0.15, -0.1) is 11.3 Å². The van der Waals surface area contributed by atoms with Gasteiger partial charge in [0.15, 0.2) is 5.13 Å². The van der Waals surface area contributed by atoms with E-state index in [0.29, 0.717) is 18.9 Å². The Morgan fingerprint density at radius 3 is 2.83 bits per heavy atom. The van der Waals surface area contributed by atoms with Gasteiger partial charge >= 0.3 is 0 Å². The van der Waals surface area contributed by atoms with E-state index >= 15 is 0 Å². The Kier molecular flexibility index (Phi) is 5.24. The molecule has 23 heavy (non-hydrogen) atoms. The number of rotatable bonds is 3. The lowest BCUT2D eigenvalue weighted by atomic mass is 9.94. The molecule has 0 radical (unpaired) electrons. The van der Waals surface area contributed by atoms with Crippen molar-refractivity contribution < 1.29 is 14.3 Å². The van der Waals surface area contributed by atoms with Crippen LogP contribution in [0, 0.1) is 5.92 Å². The Labute approximate surface area is 138 Å². The van der Waals surface area contributed by atoms with Crippen molar-refractivity contribution in [2.75, 3.05) is 31.2 Å². The molecule has 3 rings (SSSR count). The van der Waals surface area contributed by atoms with Gasteiger partial charge < -0.3 is 9.64 Å². The van der Waals surface area contributed by atoms with Crippen molar-refractivity contribution in [1.29, 1.82) is 0 Å². The van der Waals surface area contributed by atoms with Crippen molar-refractivity contribution in [2.45, 2.75) is 19.3 Å². The van der Waals surface area contributed by atoms with Crippen LogP contribution >= 0.6 is 11.3 Å². The number of thiazole rings is 1. The van der Waals surface area contributed by atoms with Gasteiger partial charge in [-0.25, -0.2) is 4.98 Å². The van der Waals surface area contributed by atoms with Crippen molar-refractivity contribution in [3.63, 3.8) is 0 Å². The molecule has 8 heteroatoms. The molecular formula is C15H20N4O3S. The van der Waals surface area contributed by atoms with E-state index in [4.69, 9.17) is 4.74 Å². The topological polar surface area (TPSA) is 83.6 Å². The number of carbonyl (C=O) groups excluding carboxylic acids is 2. The minimum Gasteiger partial charge on any atom is -0.378 e. The number of anilines is 1. The van der Waals surface area contributed by atoms with Crippen molar-refractivity contribution >= 4 is 28.3 Å². The minimum atomic E-state index is -0.388. The third-order valence-electron chi connectivity index (χ3n) is 3.95. The summed E-state index contributed by atoms with van der Waals surface area (Å²) in [5, 5.41) is 2.51. The highest BCUT2D eigenvalue weighted by molar-refractivity contribution is 7.13. The van der Waals surface area contributed by atoms with Gasteiger partial charge in [0.05, 0.1) is 13.2 Å². The van der Waals surface area contributed by atoms with E-state index in [-0.39, 0.29) is 17.7 Å². The predicted molar refractivity (Wildman–Crippen MR) is 87.2 cm³/mol. The van der Waals surface area contributed by atoms with Crippen molar-refractivity contribution in [1.82, 2.24) is 15.8 Å². The average molecular weight is 336 g/mol. The van der Waals surface area contributed by atoms with Gasteiger partial charge in [-0.2, -0.15) is 0 Å². The van der Waals surface area contributed by atoms with Crippen LogP contribution in [-0.4, -0.2) is 43.1 Å². The van der Waals surface area contributed by atoms with Crippen LogP contribution in [0.2, 0.25) is 0 Å². The van der Waals surface area contributed by atoms with Gasteiger partial charge in [-0.05, 0) is 19.3 Å². The molecule has 1 aromatic rings. The number of carbonyl (C=O) groups is 2. The first-order valence-electron chi connectivity index (χ1n) is 7.77. The Morgan fingerprint density at radius 2 is 2.09 bits per heavy atom. The summed E-state index contributed by atoms with van der Waals surface area (Å²) >= 11 is 1.42. The summed E-state index contributed by atoms with van der Waals surface area (Å²) in [5.41, 5.74) is 5.27. The zero-order chi connectivity index (χ0) is 16.1. The molecule has 1 fully saturated rings. The third kappa shape index (κ3) is 4.08. The lowest BCUT2D eigenvalue weighted by Gasteiger charge is -2.25. The van der Waals surface area contributed by atoms with E-state index in [0.717, 1.165) is 37.5 Å². The Morgan fingerprint density at radius 1 is 1.26 bits per heavy atom. The van der Waals surface area contributed by atoms with Gasteiger partial charge in [0.1, 0.15) is 5.69 Å². The van der Waals surface area contributed by atoms with E-state index in [1.54, 1.807) is 5.38 Å². The zero-order valence-electron chi connectivity index (χ0n) is 12.8. The first-order chi connectivity index (χ1) is 11.2. The normalized spacial score (nSPS) is 21.0. The van der Waals surface area contributed by atoms with Crippen molar-refractivity contribution in [3.05, 3.63) is 23.2 Å². The zero-order valence-corrected chi connectivity index (χ0v) is 13.6. The fourth-order valence-electron chi connectivity index (χ4n) is 2.58.